The first-order valence-electron chi connectivity index (χ1n) is 9.77. The minimum atomic E-state index is -0.334. The van der Waals surface area contributed by atoms with Gasteiger partial charge in [0.15, 0.2) is 5.78 Å². The molecule has 30 heavy (non-hydrogen) atoms. The molecular formula is C24H26N2O4. The molecule has 0 atom stereocenters. The van der Waals surface area contributed by atoms with Crippen LogP contribution in [-0.2, 0) is 0 Å². The molecule has 1 heterocycles. The van der Waals surface area contributed by atoms with E-state index in [9.17, 15) is 9.70 Å². The van der Waals surface area contributed by atoms with Crippen molar-refractivity contribution in [1.82, 2.24) is 4.90 Å². The zero-order valence-electron chi connectivity index (χ0n) is 17.8. The van der Waals surface area contributed by atoms with E-state index in [1.54, 1.807) is 19.3 Å². The number of methoxy groups -OCH3 is 2. The molecule has 6 nitrogen and oxygen atoms in total. The Hall–Kier alpha value is -3.25. The molecule has 0 saturated heterocycles. The summed E-state index contributed by atoms with van der Waals surface area (Å²) in [4.78, 5) is 27.2. The molecule has 0 amide bonds. The highest BCUT2D eigenvalue weighted by atomic mass is 16.5. The Morgan fingerprint density at radius 1 is 1.20 bits per heavy atom. The maximum atomic E-state index is 13.1. The molecule has 2 aromatic rings. The fraction of sp³-hybridized carbons (Fsp3) is 0.292. The second-order valence-electron chi connectivity index (χ2n) is 7.30. The first-order chi connectivity index (χ1) is 14.5. The molecule has 0 unspecified atom stereocenters. The summed E-state index contributed by atoms with van der Waals surface area (Å²) < 4.78 is 10.7. The predicted octanol–water partition coefficient (Wildman–Crippen LogP) is 5.03. The number of hydrogen-bond donors (Lipinski definition) is 0. The summed E-state index contributed by atoms with van der Waals surface area (Å²) in [5, 5.41) is 3.28. The van der Waals surface area contributed by atoms with Gasteiger partial charge in [0.25, 0.3) is 0 Å². The number of allylic oxidation sites excluding steroid dienone is 1. The van der Waals surface area contributed by atoms with Crippen molar-refractivity contribution >= 4 is 23.1 Å². The lowest BCUT2D eigenvalue weighted by atomic mass is 9.90. The van der Waals surface area contributed by atoms with E-state index < -0.39 is 0 Å². The van der Waals surface area contributed by atoms with Crippen molar-refractivity contribution in [2.24, 2.45) is 5.18 Å². The van der Waals surface area contributed by atoms with Crippen LogP contribution in [0.2, 0.25) is 0 Å². The Morgan fingerprint density at radius 3 is 2.63 bits per heavy atom. The van der Waals surface area contributed by atoms with Gasteiger partial charge in [-0.2, -0.15) is 0 Å². The smallest absolute Gasteiger partial charge is 0.191 e. The van der Waals surface area contributed by atoms with E-state index in [1.807, 2.05) is 38.2 Å². The van der Waals surface area contributed by atoms with Crippen LogP contribution in [-0.4, -0.2) is 45.0 Å². The fourth-order valence-corrected chi connectivity index (χ4v) is 3.66. The van der Waals surface area contributed by atoms with Gasteiger partial charge in [-0.3, -0.25) is 4.79 Å². The Bertz CT molecular complexity index is 1020. The number of carbonyl (C=O) groups is 1. The van der Waals surface area contributed by atoms with Crippen LogP contribution in [0.15, 0.2) is 47.7 Å². The molecule has 3 rings (SSSR count). The van der Waals surface area contributed by atoms with Gasteiger partial charge in [-0.15, -0.1) is 4.91 Å². The number of ether oxygens (including phenoxy) is 2. The minimum Gasteiger partial charge on any atom is -0.497 e. The molecule has 0 aromatic heterocycles. The number of ketones is 1. The van der Waals surface area contributed by atoms with E-state index in [-0.39, 0.29) is 17.0 Å². The first kappa shape index (κ1) is 21.5. The molecule has 156 valence electrons. The lowest BCUT2D eigenvalue weighted by Gasteiger charge is -2.24. The lowest BCUT2D eigenvalue weighted by Crippen LogP contribution is -2.24. The second kappa shape index (κ2) is 9.50. The van der Waals surface area contributed by atoms with Gasteiger partial charge in [-0.05, 0) is 66.5 Å². The quantitative estimate of drug-likeness (QED) is 0.367. The van der Waals surface area contributed by atoms with Crippen molar-refractivity contribution in [3.05, 3.63) is 69.6 Å². The molecule has 1 aliphatic heterocycles. The van der Waals surface area contributed by atoms with Crippen molar-refractivity contribution < 1.29 is 14.3 Å². The van der Waals surface area contributed by atoms with Gasteiger partial charge >= 0.3 is 0 Å². The zero-order valence-corrected chi connectivity index (χ0v) is 17.8. The highest BCUT2D eigenvalue weighted by Gasteiger charge is 2.25. The number of nitroso groups, excluding NO2 is 1. The second-order valence-corrected chi connectivity index (χ2v) is 7.30. The van der Waals surface area contributed by atoms with Crippen molar-refractivity contribution in [3.8, 4) is 11.5 Å². The molecule has 1 aliphatic rings. The molecule has 2 aromatic carbocycles. The van der Waals surface area contributed by atoms with Gasteiger partial charge < -0.3 is 14.4 Å². The summed E-state index contributed by atoms with van der Waals surface area (Å²) in [5.74, 6) is 0.711. The van der Waals surface area contributed by atoms with Crippen molar-refractivity contribution in [1.29, 1.82) is 0 Å². The summed E-state index contributed by atoms with van der Waals surface area (Å²) in [6.07, 6.45) is 6.00. The molecule has 0 spiro atoms. The monoisotopic (exact) mass is 406 g/mol. The van der Waals surface area contributed by atoms with Crippen molar-refractivity contribution in [2.45, 2.75) is 13.3 Å². The fourth-order valence-electron chi connectivity index (χ4n) is 3.66. The third-order valence-electron chi connectivity index (χ3n) is 5.27. The molecular weight excluding hydrogens is 380 g/mol. The van der Waals surface area contributed by atoms with E-state index in [0.29, 0.717) is 11.5 Å². The number of carbonyl (C=O) groups excluding carboxylic acids is 1. The van der Waals surface area contributed by atoms with E-state index in [2.05, 4.69) is 16.2 Å². The van der Waals surface area contributed by atoms with Crippen LogP contribution < -0.4 is 9.47 Å². The van der Waals surface area contributed by atoms with Crippen LogP contribution in [0.3, 0.4) is 0 Å². The molecule has 0 saturated carbocycles. The largest absolute Gasteiger partial charge is 0.497 e. The standard InChI is InChI=1S/C24H26N2O4/c1-16-14-21(30-4)23(20(27)9-8-17-6-5-7-19(15-17)29-3)24(25-28)22(16)18-10-12-26(2)13-11-18/h5-10,14-15H,11-13H2,1-4H3/b9-8+. The number of rotatable bonds is 7. The number of hydrogen-bond acceptors (Lipinski definition) is 6. The molecule has 0 aliphatic carbocycles. The van der Waals surface area contributed by atoms with Gasteiger partial charge in [0.2, 0.25) is 0 Å². The first-order valence-corrected chi connectivity index (χ1v) is 9.77. The average Bonchev–Trinajstić information content (AvgIpc) is 2.77. The van der Waals surface area contributed by atoms with Crippen LogP contribution in [0.25, 0.3) is 11.6 Å². The zero-order chi connectivity index (χ0) is 21.7. The summed E-state index contributed by atoms with van der Waals surface area (Å²) >= 11 is 0. The molecule has 0 fully saturated rings. The van der Waals surface area contributed by atoms with Gasteiger partial charge in [0.05, 0.1) is 19.8 Å². The Balaban J connectivity index is 2.06. The van der Waals surface area contributed by atoms with Crippen LogP contribution >= 0.6 is 0 Å². The Labute approximate surface area is 176 Å². The van der Waals surface area contributed by atoms with Crippen LogP contribution in [0, 0.1) is 11.8 Å². The highest BCUT2D eigenvalue weighted by Crippen LogP contribution is 2.41. The van der Waals surface area contributed by atoms with Crippen LogP contribution in [0.1, 0.15) is 33.5 Å². The van der Waals surface area contributed by atoms with E-state index in [0.717, 1.165) is 41.8 Å². The van der Waals surface area contributed by atoms with Crippen LogP contribution in [0.5, 0.6) is 11.5 Å². The van der Waals surface area contributed by atoms with E-state index in [4.69, 9.17) is 9.47 Å². The third-order valence-corrected chi connectivity index (χ3v) is 5.27. The van der Waals surface area contributed by atoms with Gasteiger partial charge in [-0.25, -0.2) is 0 Å². The van der Waals surface area contributed by atoms with Gasteiger partial charge in [0.1, 0.15) is 17.2 Å². The van der Waals surface area contributed by atoms with E-state index in [1.165, 1.54) is 13.2 Å². The maximum absolute atomic E-state index is 13.1. The Morgan fingerprint density at radius 2 is 2.00 bits per heavy atom. The van der Waals surface area contributed by atoms with E-state index >= 15 is 0 Å². The molecule has 0 radical (unpaired) electrons. The maximum Gasteiger partial charge on any atom is 0.191 e. The Kier molecular flexibility index (Phi) is 6.79. The summed E-state index contributed by atoms with van der Waals surface area (Å²) in [6, 6.07) is 9.17. The highest BCUT2D eigenvalue weighted by molar-refractivity contribution is 6.13. The number of nitrogens with zero attached hydrogens (tertiary/aromatic N) is 2. The average molecular weight is 406 g/mol. The predicted molar refractivity (Wildman–Crippen MR) is 120 cm³/mol. The molecule has 6 heteroatoms. The summed E-state index contributed by atoms with van der Waals surface area (Å²) in [7, 11) is 5.12. The third kappa shape index (κ3) is 4.49. The normalized spacial score (nSPS) is 14.5. The lowest BCUT2D eigenvalue weighted by molar-refractivity contribution is 0.104. The number of aryl methyl sites for hydroxylation is 1. The molecule has 0 N–H and O–H groups in total. The SMILES string of the molecule is COc1cccc(/C=C/C(=O)c2c(OC)cc(C)c(C3=CCN(C)CC3)c2N=O)c1. The molecule has 0 bridgehead atoms. The summed E-state index contributed by atoms with van der Waals surface area (Å²) in [6.45, 7) is 3.58. The number of benzene rings is 2. The van der Waals surface area contributed by atoms with Crippen molar-refractivity contribution in [3.63, 3.8) is 0 Å². The minimum absolute atomic E-state index is 0.142. The van der Waals surface area contributed by atoms with Gasteiger partial charge in [0, 0.05) is 18.7 Å². The number of likely N-dealkylation sites (N-methyl/N-ethyl adjacent to an activating group) is 1. The van der Waals surface area contributed by atoms with Gasteiger partial charge in [-0.1, -0.05) is 24.3 Å². The van der Waals surface area contributed by atoms with Crippen molar-refractivity contribution in [2.75, 3.05) is 34.4 Å². The summed E-state index contributed by atoms with van der Waals surface area (Å²) in [5.41, 5.74) is 3.78. The van der Waals surface area contributed by atoms with Crippen LogP contribution in [0.4, 0.5) is 5.69 Å². The topological polar surface area (TPSA) is 68.2 Å².